The van der Waals surface area contributed by atoms with Gasteiger partial charge in [0, 0.05) is 25.5 Å². The van der Waals surface area contributed by atoms with Crippen LogP contribution in [0.25, 0.3) is 0 Å². The number of rotatable bonds is 34. The minimum atomic E-state index is 0.638. The number of nitrogens with zero attached hydrogens (tertiary/aromatic N) is 2. The van der Waals surface area contributed by atoms with Gasteiger partial charge in [-0.15, -0.1) is 0 Å². The second-order valence-electron chi connectivity index (χ2n) is 13.9. The summed E-state index contributed by atoms with van der Waals surface area (Å²) < 4.78 is 0. The Kier molecular flexibility index (Phi) is 29.8. The summed E-state index contributed by atoms with van der Waals surface area (Å²) in [7, 11) is 0. The molecular formula is C40H80N2. The summed E-state index contributed by atoms with van der Waals surface area (Å²) in [5.41, 5.74) is 0. The Morgan fingerprint density at radius 1 is 0.310 bits per heavy atom. The van der Waals surface area contributed by atoms with Crippen LogP contribution in [0.4, 0.5) is 0 Å². The van der Waals surface area contributed by atoms with Gasteiger partial charge in [-0.05, 0) is 25.7 Å². The maximum Gasteiger partial charge on any atom is 0.101 e. The first kappa shape index (κ1) is 39.4. The smallest absolute Gasteiger partial charge is 0.101 e. The van der Waals surface area contributed by atoms with Gasteiger partial charge in [-0.2, -0.15) is 0 Å². The van der Waals surface area contributed by atoms with Gasteiger partial charge in [0.25, 0.3) is 0 Å². The Balaban J connectivity index is 1.96. The predicted octanol–water partition coefficient (Wildman–Crippen LogP) is 13.9. The third kappa shape index (κ3) is 23.8. The molecule has 0 spiro atoms. The second kappa shape index (κ2) is 31.8. The lowest BCUT2D eigenvalue weighted by molar-refractivity contribution is 0.137. The molecule has 0 amide bonds. The van der Waals surface area contributed by atoms with E-state index in [1.54, 1.807) is 0 Å². The lowest BCUT2D eigenvalue weighted by Gasteiger charge is -2.33. The molecule has 1 aliphatic rings. The molecule has 1 heterocycles. The Bertz CT molecular complexity index is 544. The predicted molar refractivity (Wildman–Crippen MR) is 191 cm³/mol. The van der Waals surface area contributed by atoms with Crippen LogP contribution in [-0.2, 0) is 0 Å². The van der Waals surface area contributed by atoms with Crippen molar-refractivity contribution in [1.82, 2.24) is 9.80 Å². The first-order chi connectivity index (χ1) is 20.8. The molecule has 1 aliphatic heterocycles. The van der Waals surface area contributed by atoms with E-state index in [0.717, 1.165) is 0 Å². The zero-order valence-electron chi connectivity index (χ0n) is 29.7. The van der Waals surface area contributed by atoms with Crippen LogP contribution < -0.4 is 0 Å². The Labute approximate surface area is 267 Å². The number of hydrogen-bond acceptors (Lipinski definition) is 2. The van der Waals surface area contributed by atoms with Crippen molar-refractivity contribution >= 4 is 0 Å². The summed E-state index contributed by atoms with van der Waals surface area (Å²) >= 11 is 0. The van der Waals surface area contributed by atoms with Crippen LogP contribution in [0.3, 0.4) is 0 Å². The minimum absolute atomic E-state index is 0.638. The van der Waals surface area contributed by atoms with Crippen LogP contribution in [0, 0.1) is 0 Å². The van der Waals surface area contributed by atoms with E-state index in [2.05, 4.69) is 43.0 Å². The van der Waals surface area contributed by atoms with Gasteiger partial charge in [0.2, 0.25) is 0 Å². The molecule has 0 aromatic heterocycles. The molecule has 42 heavy (non-hydrogen) atoms. The normalized spacial score (nSPS) is 15.0. The number of hydrogen-bond donors (Lipinski definition) is 0. The fourth-order valence-electron chi connectivity index (χ4n) is 6.96. The topological polar surface area (TPSA) is 6.48 Å². The van der Waals surface area contributed by atoms with Gasteiger partial charge in [0.05, 0.1) is 0 Å². The van der Waals surface area contributed by atoms with Crippen LogP contribution in [0.1, 0.15) is 226 Å². The summed E-state index contributed by atoms with van der Waals surface area (Å²) in [4.78, 5) is 5.32. The molecule has 0 radical (unpaired) electrons. The highest BCUT2D eigenvalue weighted by atomic mass is 15.4. The van der Waals surface area contributed by atoms with E-state index in [9.17, 15) is 0 Å². The third-order valence-corrected chi connectivity index (χ3v) is 9.78. The van der Waals surface area contributed by atoms with Crippen molar-refractivity contribution in [2.24, 2.45) is 0 Å². The van der Waals surface area contributed by atoms with Gasteiger partial charge < -0.3 is 9.80 Å². The van der Waals surface area contributed by atoms with Crippen LogP contribution in [-0.4, -0.2) is 29.1 Å². The van der Waals surface area contributed by atoms with Crippen molar-refractivity contribution in [3.63, 3.8) is 0 Å². The summed E-state index contributed by atoms with van der Waals surface area (Å²) in [6.45, 7) is 9.43. The lowest BCUT2D eigenvalue weighted by atomic mass is 10.0. The molecule has 250 valence electrons. The Morgan fingerprint density at radius 2 is 0.595 bits per heavy atom. The van der Waals surface area contributed by atoms with Gasteiger partial charge in [-0.1, -0.05) is 201 Å². The highest BCUT2D eigenvalue weighted by Gasteiger charge is 2.24. The van der Waals surface area contributed by atoms with Crippen LogP contribution >= 0.6 is 0 Å². The van der Waals surface area contributed by atoms with Crippen LogP contribution in [0.5, 0.6) is 0 Å². The molecule has 0 aliphatic carbocycles. The van der Waals surface area contributed by atoms with Gasteiger partial charge in [0.1, 0.15) is 6.17 Å². The molecule has 0 saturated carbocycles. The van der Waals surface area contributed by atoms with E-state index in [1.807, 2.05) is 0 Å². The molecule has 0 N–H and O–H groups in total. The summed E-state index contributed by atoms with van der Waals surface area (Å²) in [5.74, 6) is 0. The van der Waals surface area contributed by atoms with Crippen molar-refractivity contribution in [1.29, 1.82) is 0 Å². The molecule has 0 aromatic rings. The quantitative estimate of drug-likeness (QED) is 0.0690. The largest absolute Gasteiger partial charge is 0.356 e. The highest BCUT2D eigenvalue weighted by molar-refractivity contribution is 4.96. The average molecular weight is 589 g/mol. The molecule has 1 atom stereocenters. The molecular weight excluding hydrogens is 508 g/mol. The summed E-state index contributed by atoms with van der Waals surface area (Å²) in [5, 5.41) is 0. The average Bonchev–Trinajstić information content (AvgIpc) is 3.38. The summed E-state index contributed by atoms with van der Waals surface area (Å²) in [6, 6.07) is 0. The third-order valence-electron chi connectivity index (χ3n) is 9.78. The highest BCUT2D eigenvalue weighted by Crippen LogP contribution is 2.23. The van der Waals surface area contributed by atoms with Gasteiger partial charge >= 0.3 is 0 Å². The van der Waals surface area contributed by atoms with Crippen molar-refractivity contribution in [2.75, 3.05) is 13.1 Å². The molecule has 2 heteroatoms. The zero-order chi connectivity index (χ0) is 30.2. The van der Waals surface area contributed by atoms with E-state index in [-0.39, 0.29) is 0 Å². The fraction of sp³-hybridized carbons (Fsp3) is 0.950. The van der Waals surface area contributed by atoms with Crippen LogP contribution in [0.2, 0.25) is 0 Å². The lowest BCUT2D eigenvalue weighted by Crippen LogP contribution is -2.39. The molecule has 0 bridgehead atoms. The molecule has 1 rings (SSSR count). The van der Waals surface area contributed by atoms with E-state index in [0.29, 0.717) is 6.17 Å². The summed E-state index contributed by atoms with van der Waals surface area (Å²) in [6.07, 6.45) is 51.6. The second-order valence-corrected chi connectivity index (χ2v) is 13.9. The standard InChI is InChI=1S/C40H80N2/c1-4-7-9-11-13-15-17-19-21-22-24-26-28-30-32-34-37-42-39-38-41(36-6-3)40(42)35-33-31-29-27-25-23-20-18-16-14-12-10-8-5-2/h38-40H,4-37H2,1-3H3. The first-order valence-electron chi connectivity index (χ1n) is 20.0. The van der Waals surface area contributed by atoms with Crippen molar-refractivity contribution < 1.29 is 0 Å². The zero-order valence-corrected chi connectivity index (χ0v) is 29.7. The van der Waals surface area contributed by atoms with Crippen LogP contribution in [0.15, 0.2) is 12.4 Å². The maximum absolute atomic E-state index is 2.68. The van der Waals surface area contributed by atoms with E-state index in [1.165, 1.54) is 219 Å². The molecule has 2 nitrogen and oxygen atoms in total. The molecule has 0 saturated heterocycles. The van der Waals surface area contributed by atoms with Crippen molar-refractivity contribution in [3.05, 3.63) is 12.4 Å². The van der Waals surface area contributed by atoms with Gasteiger partial charge in [0.15, 0.2) is 0 Å². The molecule has 0 aromatic carbocycles. The maximum atomic E-state index is 2.68. The first-order valence-corrected chi connectivity index (χ1v) is 20.0. The monoisotopic (exact) mass is 589 g/mol. The SMILES string of the molecule is CCCCCCCCCCCCCCCCCCN1C=CN(CCC)C1CCCCCCCCCCCCCCCC. The van der Waals surface area contributed by atoms with Crippen molar-refractivity contribution in [3.8, 4) is 0 Å². The Hall–Kier alpha value is -0.660. The fourth-order valence-corrected chi connectivity index (χ4v) is 6.96. The van der Waals surface area contributed by atoms with E-state index in [4.69, 9.17) is 0 Å². The Morgan fingerprint density at radius 3 is 0.929 bits per heavy atom. The van der Waals surface area contributed by atoms with Gasteiger partial charge in [-0.3, -0.25) is 0 Å². The van der Waals surface area contributed by atoms with E-state index < -0.39 is 0 Å². The van der Waals surface area contributed by atoms with E-state index >= 15 is 0 Å². The molecule has 0 fully saturated rings. The van der Waals surface area contributed by atoms with Gasteiger partial charge in [-0.25, -0.2) is 0 Å². The number of unbranched alkanes of at least 4 members (excludes halogenated alkanes) is 28. The van der Waals surface area contributed by atoms with Crippen molar-refractivity contribution in [2.45, 2.75) is 232 Å². The molecule has 1 unspecified atom stereocenters. The minimum Gasteiger partial charge on any atom is -0.356 e.